The number of hydrogen-bond donors (Lipinski definition) is 1. The van der Waals surface area contributed by atoms with Crippen molar-refractivity contribution in [2.45, 2.75) is 136 Å². The van der Waals surface area contributed by atoms with E-state index in [0.717, 1.165) is 70.6 Å². The Labute approximate surface area is 293 Å². The SMILES string of the molecule is CC/C=C\C/C=C\C/C=C\C/C=C\C/C=C\C/C=C\CCC(=O)O[C@@H](CO)COC(=O)CCCC/C=C\C/C=C\C/C=C\CCCCC. The quantitative estimate of drug-likeness (QED) is 0.0454. The predicted octanol–water partition coefficient (Wildman–Crippen LogP) is 11.5. The zero-order chi connectivity index (χ0) is 35.0. The van der Waals surface area contributed by atoms with Gasteiger partial charge in [0.1, 0.15) is 6.61 Å². The molecule has 1 N–H and O–H groups in total. The van der Waals surface area contributed by atoms with E-state index in [0.29, 0.717) is 12.8 Å². The summed E-state index contributed by atoms with van der Waals surface area (Å²) in [5.74, 6) is -0.748. The smallest absolute Gasteiger partial charge is 0.306 e. The molecule has 0 heterocycles. The highest BCUT2D eigenvalue weighted by molar-refractivity contribution is 5.70. The molecule has 0 aliphatic carbocycles. The summed E-state index contributed by atoms with van der Waals surface area (Å²) in [4.78, 5) is 24.2. The largest absolute Gasteiger partial charge is 0.462 e. The third-order valence-corrected chi connectivity index (χ3v) is 7.06. The van der Waals surface area contributed by atoms with Gasteiger partial charge in [0.2, 0.25) is 0 Å². The molecule has 0 aromatic rings. The molecular formula is C43H66O5. The molecule has 5 heteroatoms. The van der Waals surface area contributed by atoms with Crippen LogP contribution in [0.4, 0.5) is 0 Å². The first-order valence-electron chi connectivity index (χ1n) is 18.4. The molecule has 1 atom stereocenters. The normalized spacial score (nSPS) is 13.5. The summed E-state index contributed by atoms with van der Waals surface area (Å²) in [6.45, 7) is 3.86. The molecule has 0 radical (unpaired) electrons. The lowest BCUT2D eigenvalue weighted by atomic mass is 10.1. The first-order valence-corrected chi connectivity index (χ1v) is 18.4. The third kappa shape index (κ3) is 35.4. The van der Waals surface area contributed by atoms with Gasteiger partial charge in [-0.3, -0.25) is 9.59 Å². The van der Waals surface area contributed by atoms with Crippen molar-refractivity contribution in [3.63, 3.8) is 0 Å². The fraction of sp³-hybridized carbons (Fsp3) is 0.535. The maximum Gasteiger partial charge on any atom is 0.306 e. The molecule has 0 aromatic carbocycles. The number of unbranched alkanes of at least 4 members (excludes halogenated alkanes) is 5. The zero-order valence-electron chi connectivity index (χ0n) is 30.2. The van der Waals surface area contributed by atoms with Crippen molar-refractivity contribution >= 4 is 11.9 Å². The van der Waals surface area contributed by atoms with Gasteiger partial charge < -0.3 is 14.6 Å². The van der Waals surface area contributed by atoms with Crippen LogP contribution in [-0.2, 0) is 19.1 Å². The summed E-state index contributed by atoms with van der Waals surface area (Å²) in [6.07, 6.45) is 54.4. The van der Waals surface area contributed by atoms with Crippen molar-refractivity contribution in [1.82, 2.24) is 0 Å². The molecule has 0 aliphatic rings. The number of ether oxygens (including phenoxy) is 2. The van der Waals surface area contributed by atoms with E-state index in [1.165, 1.54) is 25.7 Å². The van der Waals surface area contributed by atoms with Crippen molar-refractivity contribution in [1.29, 1.82) is 0 Å². The number of carbonyl (C=O) groups excluding carboxylic acids is 2. The Kier molecular flexibility index (Phi) is 35.3. The molecule has 0 aromatic heterocycles. The van der Waals surface area contributed by atoms with Gasteiger partial charge in [-0.2, -0.15) is 0 Å². The molecular weight excluding hydrogens is 596 g/mol. The number of rotatable bonds is 31. The van der Waals surface area contributed by atoms with Crippen molar-refractivity contribution < 1.29 is 24.2 Å². The zero-order valence-corrected chi connectivity index (χ0v) is 30.2. The average molecular weight is 663 g/mol. The Morgan fingerprint density at radius 1 is 0.500 bits per heavy atom. The van der Waals surface area contributed by atoms with Gasteiger partial charge in [-0.25, -0.2) is 0 Å². The van der Waals surface area contributed by atoms with Crippen LogP contribution in [0, 0.1) is 0 Å². The summed E-state index contributed by atoms with van der Waals surface area (Å²) in [5, 5.41) is 9.52. The Bertz CT molecular complexity index is 1020. The Hall–Kier alpha value is -3.44. The van der Waals surface area contributed by atoms with Crippen LogP contribution in [0.25, 0.3) is 0 Å². The van der Waals surface area contributed by atoms with E-state index in [2.05, 4.69) is 111 Å². The van der Waals surface area contributed by atoms with Crippen molar-refractivity contribution in [3.8, 4) is 0 Å². The van der Waals surface area contributed by atoms with E-state index in [4.69, 9.17) is 9.47 Å². The van der Waals surface area contributed by atoms with Crippen LogP contribution < -0.4 is 0 Å². The molecule has 0 bridgehead atoms. The van der Waals surface area contributed by atoms with Crippen LogP contribution in [0.5, 0.6) is 0 Å². The van der Waals surface area contributed by atoms with Gasteiger partial charge in [0.05, 0.1) is 6.61 Å². The van der Waals surface area contributed by atoms with E-state index in [1.54, 1.807) is 0 Å². The van der Waals surface area contributed by atoms with Gasteiger partial charge in [0.15, 0.2) is 6.10 Å². The van der Waals surface area contributed by atoms with Gasteiger partial charge in [0, 0.05) is 12.8 Å². The summed E-state index contributed by atoms with van der Waals surface area (Å²) in [7, 11) is 0. The van der Waals surface area contributed by atoms with E-state index in [-0.39, 0.29) is 25.6 Å². The van der Waals surface area contributed by atoms with Crippen molar-refractivity contribution in [2.75, 3.05) is 13.2 Å². The monoisotopic (exact) mass is 662 g/mol. The lowest BCUT2D eigenvalue weighted by molar-refractivity contribution is -0.161. The topological polar surface area (TPSA) is 72.8 Å². The molecule has 0 unspecified atom stereocenters. The van der Waals surface area contributed by atoms with E-state index in [9.17, 15) is 14.7 Å². The predicted molar refractivity (Wildman–Crippen MR) is 205 cm³/mol. The second-order valence-corrected chi connectivity index (χ2v) is 11.6. The van der Waals surface area contributed by atoms with Crippen molar-refractivity contribution in [3.05, 3.63) is 109 Å². The highest BCUT2D eigenvalue weighted by Gasteiger charge is 2.15. The lowest BCUT2D eigenvalue weighted by Crippen LogP contribution is -2.28. The van der Waals surface area contributed by atoms with Crippen molar-refractivity contribution in [2.24, 2.45) is 0 Å². The number of allylic oxidation sites excluding steroid dienone is 18. The number of esters is 2. The molecule has 0 rings (SSSR count). The van der Waals surface area contributed by atoms with E-state index < -0.39 is 12.1 Å². The first kappa shape index (κ1) is 44.6. The summed E-state index contributed by atoms with van der Waals surface area (Å²) < 4.78 is 10.5. The third-order valence-electron chi connectivity index (χ3n) is 7.06. The van der Waals surface area contributed by atoms with Gasteiger partial charge in [-0.1, -0.05) is 136 Å². The van der Waals surface area contributed by atoms with Gasteiger partial charge in [-0.05, 0) is 89.9 Å². The molecule has 0 spiro atoms. The molecule has 0 fully saturated rings. The Morgan fingerprint density at radius 2 is 0.917 bits per heavy atom. The Balaban J connectivity index is 3.83. The second-order valence-electron chi connectivity index (χ2n) is 11.6. The van der Waals surface area contributed by atoms with Gasteiger partial charge >= 0.3 is 11.9 Å². The molecule has 0 amide bonds. The molecule has 0 saturated heterocycles. The minimum absolute atomic E-state index is 0.124. The first-order chi connectivity index (χ1) is 23.6. The van der Waals surface area contributed by atoms with Crippen LogP contribution in [0.2, 0.25) is 0 Å². The fourth-order valence-corrected chi connectivity index (χ4v) is 4.29. The lowest BCUT2D eigenvalue weighted by Gasteiger charge is -2.15. The summed E-state index contributed by atoms with van der Waals surface area (Å²) in [5.41, 5.74) is 0. The molecule has 48 heavy (non-hydrogen) atoms. The van der Waals surface area contributed by atoms with Crippen LogP contribution in [0.15, 0.2) is 109 Å². The number of aliphatic hydroxyl groups is 1. The van der Waals surface area contributed by atoms with Gasteiger partial charge in [0.25, 0.3) is 0 Å². The Morgan fingerprint density at radius 3 is 1.35 bits per heavy atom. The molecule has 0 aliphatic heterocycles. The minimum Gasteiger partial charge on any atom is -0.462 e. The minimum atomic E-state index is -0.834. The average Bonchev–Trinajstić information content (AvgIpc) is 3.09. The van der Waals surface area contributed by atoms with Gasteiger partial charge in [-0.15, -0.1) is 0 Å². The fourth-order valence-electron chi connectivity index (χ4n) is 4.29. The highest BCUT2D eigenvalue weighted by Crippen LogP contribution is 2.06. The second kappa shape index (κ2) is 38.0. The standard InChI is InChI=1S/C43H66O5/c1-3-5-7-9-11-13-15-17-19-20-21-22-24-26-28-30-32-34-36-38-43(46)48-41(39-44)40-47-42(45)37-35-33-31-29-27-25-23-18-16-14-12-10-8-6-4-2/h5,7,11-14,17-19,21-23,26-29,32,34,41,44H,3-4,6,8-10,15-16,20,24-25,30-31,33,35-40H2,1-2H3/b7-5-,13-11-,14-12-,19-17-,22-21-,23-18-,28-26-,29-27-,34-32-/t41-/m0/s1. The number of hydrogen-bond acceptors (Lipinski definition) is 5. The maximum atomic E-state index is 12.1. The van der Waals surface area contributed by atoms with E-state index in [1.807, 2.05) is 12.2 Å². The van der Waals surface area contributed by atoms with E-state index >= 15 is 0 Å². The summed E-state index contributed by atoms with van der Waals surface area (Å²) in [6, 6.07) is 0. The molecule has 5 nitrogen and oxygen atoms in total. The number of carbonyl (C=O) groups is 2. The van der Waals surface area contributed by atoms with Crippen LogP contribution in [0.1, 0.15) is 129 Å². The highest BCUT2D eigenvalue weighted by atomic mass is 16.6. The van der Waals surface area contributed by atoms with Crippen LogP contribution in [0.3, 0.4) is 0 Å². The molecule has 0 saturated carbocycles. The summed E-state index contributed by atoms with van der Waals surface area (Å²) >= 11 is 0. The number of aliphatic hydroxyl groups excluding tert-OH is 1. The van der Waals surface area contributed by atoms with Crippen LogP contribution >= 0.6 is 0 Å². The molecule has 268 valence electrons. The van der Waals surface area contributed by atoms with Crippen LogP contribution in [-0.4, -0.2) is 36.4 Å². The maximum absolute atomic E-state index is 12.1.